The standard InChI is InChI=1S/C24H21N3/c1-16-22(19-4-10-25-11-5-19)17(2)24(21-8-14-27-15-9-21)18(3)23(16)20-6-12-26-13-7-20/h4-15H,1-3H3. The van der Waals surface area contributed by atoms with Crippen LogP contribution in [0.25, 0.3) is 33.4 Å². The molecule has 0 aliphatic rings. The van der Waals surface area contributed by atoms with E-state index in [1.54, 1.807) is 0 Å². The molecule has 3 heteroatoms. The minimum Gasteiger partial charge on any atom is -0.265 e. The van der Waals surface area contributed by atoms with Crippen molar-refractivity contribution in [2.75, 3.05) is 0 Å². The molecule has 0 spiro atoms. The van der Waals surface area contributed by atoms with Crippen LogP contribution in [0.2, 0.25) is 0 Å². The van der Waals surface area contributed by atoms with Crippen molar-refractivity contribution < 1.29 is 0 Å². The third-order valence-electron chi connectivity index (χ3n) is 5.16. The first-order chi connectivity index (χ1) is 13.2. The summed E-state index contributed by atoms with van der Waals surface area (Å²) in [4.78, 5) is 12.6. The highest BCUT2D eigenvalue weighted by atomic mass is 14.6. The summed E-state index contributed by atoms with van der Waals surface area (Å²) in [5.74, 6) is 0. The largest absolute Gasteiger partial charge is 0.265 e. The van der Waals surface area contributed by atoms with Gasteiger partial charge in [-0.25, -0.2) is 0 Å². The first-order valence-corrected chi connectivity index (χ1v) is 9.03. The Bertz CT molecular complexity index is 910. The van der Waals surface area contributed by atoms with Crippen LogP contribution in [0.5, 0.6) is 0 Å². The van der Waals surface area contributed by atoms with E-state index in [0.717, 1.165) is 0 Å². The van der Waals surface area contributed by atoms with Crippen molar-refractivity contribution in [1.29, 1.82) is 0 Å². The molecule has 0 amide bonds. The second kappa shape index (κ2) is 7.12. The molecule has 4 rings (SSSR count). The van der Waals surface area contributed by atoms with Crippen LogP contribution >= 0.6 is 0 Å². The fourth-order valence-electron chi connectivity index (χ4n) is 4.07. The average Bonchev–Trinajstić information content (AvgIpc) is 2.70. The molecule has 3 heterocycles. The Morgan fingerprint density at radius 3 is 0.852 bits per heavy atom. The van der Waals surface area contributed by atoms with Gasteiger partial charge in [0.1, 0.15) is 0 Å². The molecule has 0 atom stereocenters. The van der Waals surface area contributed by atoms with Crippen molar-refractivity contribution in [2.45, 2.75) is 20.8 Å². The summed E-state index contributed by atoms with van der Waals surface area (Å²) >= 11 is 0. The molecule has 27 heavy (non-hydrogen) atoms. The SMILES string of the molecule is Cc1c(-c2ccncc2)c(C)c(-c2ccncc2)c(C)c1-c1ccncc1. The van der Waals surface area contributed by atoms with Gasteiger partial charge >= 0.3 is 0 Å². The Morgan fingerprint density at radius 2 is 0.630 bits per heavy atom. The van der Waals surface area contributed by atoms with Gasteiger partial charge in [0.05, 0.1) is 0 Å². The summed E-state index contributed by atoms with van der Waals surface area (Å²) in [6.45, 7) is 6.63. The van der Waals surface area contributed by atoms with Crippen LogP contribution in [0.4, 0.5) is 0 Å². The summed E-state index contributed by atoms with van der Waals surface area (Å²) in [7, 11) is 0. The van der Waals surface area contributed by atoms with Gasteiger partial charge in [0.2, 0.25) is 0 Å². The number of rotatable bonds is 3. The third-order valence-corrected chi connectivity index (χ3v) is 5.16. The highest BCUT2D eigenvalue weighted by Crippen LogP contribution is 2.43. The summed E-state index contributed by atoms with van der Waals surface area (Å²) in [6, 6.07) is 12.5. The zero-order valence-corrected chi connectivity index (χ0v) is 15.8. The molecule has 0 fully saturated rings. The highest BCUT2D eigenvalue weighted by Gasteiger charge is 2.20. The molecule has 0 bridgehead atoms. The van der Waals surface area contributed by atoms with Crippen molar-refractivity contribution in [3.63, 3.8) is 0 Å². The third kappa shape index (κ3) is 3.02. The molecule has 0 saturated carbocycles. The lowest BCUT2D eigenvalue weighted by molar-refractivity contribution is 1.27. The van der Waals surface area contributed by atoms with Gasteiger partial charge in [0, 0.05) is 37.2 Å². The van der Waals surface area contributed by atoms with Crippen molar-refractivity contribution in [2.24, 2.45) is 0 Å². The van der Waals surface area contributed by atoms with E-state index in [2.05, 4.69) is 72.1 Å². The second-order valence-corrected chi connectivity index (χ2v) is 6.71. The van der Waals surface area contributed by atoms with Crippen molar-refractivity contribution in [1.82, 2.24) is 15.0 Å². The van der Waals surface area contributed by atoms with E-state index in [-0.39, 0.29) is 0 Å². The molecule has 0 N–H and O–H groups in total. The van der Waals surface area contributed by atoms with Crippen LogP contribution < -0.4 is 0 Å². The molecule has 4 aromatic rings. The fraction of sp³-hybridized carbons (Fsp3) is 0.125. The molecule has 0 unspecified atom stereocenters. The Labute approximate surface area is 159 Å². The molecular weight excluding hydrogens is 330 g/mol. The molecule has 0 aliphatic carbocycles. The molecule has 0 saturated heterocycles. The lowest BCUT2D eigenvalue weighted by Crippen LogP contribution is -2.00. The van der Waals surface area contributed by atoms with Gasteiger partial charge in [-0.05, 0) is 107 Å². The number of benzene rings is 1. The van der Waals surface area contributed by atoms with Gasteiger partial charge in [-0.2, -0.15) is 0 Å². The predicted octanol–water partition coefficient (Wildman–Crippen LogP) is 5.80. The van der Waals surface area contributed by atoms with Crippen LogP contribution in [0.3, 0.4) is 0 Å². The molecule has 3 nitrogen and oxygen atoms in total. The molecule has 3 aromatic heterocycles. The highest BCUT2D eigenvalue weighted by molar-refractivity contribution is 5.91. The van der Waals surface area contributed by atoms with Crippen LogP contribution in [0.15, 0.2) is 73.6 Å². The molecule has 132 valence electrons. The van der Waals surface area contributed by atoms with Crippen LogP contribution in [0, 0.1) is 20.8 Å². The molecule has 0 radical (unpaired) electrons. The predicted molar refractivity (Wildman–Crippen MR) is 110 cm³/mol. The van der Waals surface area contributed by atoms with Gasteiger partial charge in [0.25, 0.3) is 0 Å². The van der Waals surface area contributed by atoms with Crippen LogP contribution in [-0.2, 0) is 0 Å². The van der Waals surface area contributed by atoms with E-state index in [4.69, 9.17) is 0 Å². The number of hydrogen-bond acceptors (Lipinski definition) is 3. The topological polar surface area (TPSA) is 38.7 Å². The second-order valence-electron chi connectivity index (χ2n) is 6.71. The molecule has 0 aliphatic heterocycles. The lowest BCUT2D eigenvalue weighted by Gasteiger charge is -2.23. The molecular formula is C24H21N3. The van der Waals surface area contributed by atoms with E-state index in [0.29, 0.717) is 0 Å². The van der Waals surface area contributed by atoms with Gasteiger partial charge in [-0.1, -0.05) is 0 Å². The summed E-state index contributed by atoms with van der Waals surface area (Å²) in [5, 5.41) is 0. The Balaban J connectivity index is 2.12. The number of hydrogen-bond donors (Lipinski definition) is 0. The number of aromatic nitrogens is 3. The van der Waals surface area contributed by atoms with Gasteiger partial charge in [-0.3, -0.25) is 15.0 Å². The van der Waals surface area contributed by atoms with E-state index < -0.39 is 0 Å². The van der Waals surface area contributed by atoms with Crippen molar-refractivity contribution >= 4 is 0 Å². The monoisotopic (exact) mass is 351 g/mol. The van der Waals surface area contributed by atoms with E-state index in [9.17, 15) is 0 Å². The maximum Gasteiger partial charge on any atom is 0.0273 e. The van der Waals surface area contributed by atoms with Gasteiger partial charge in [0.15, 0.2) is 0 Å². The summed E-state index contributed by atoms with van der Waals surface area (Å²) in [6.07, 6.45) is 11.1. The maximum atomic E-state index is 4.19. The van der Waals surface area contributed by atoms with E-state index >= 15 is 0 Å². The Morgan fingerprint density at radius 1 is 0.407 bits per heavy atom. The fourth-order valence-corrected chi connectivity index (χ4v) is 4.07. The van der Waals surface area contributed by atoms with Crippen LogP contribution in [0.1, 0.15) is 16.7 Å². The minimum absolute atomic E-state index is 1.19. The molecule has 1 aromatic carbocycles. The van der Waals surface area contributed by atoms with Crippen LogP contribution in [-0.4, -0.2) is 15.0 Å². The van der Waals surface area contributed by atoms with Crippen molar-refractivity contribution in [3.05, 3.63) is 90.3 Å². The zero-order chi connectivity index (χ0) is 18.8. The summed E-state index contributed by atoms with van der Waals surface area (Å²) in [5.41, 5.74) is 11.2. The average molecular weight is 351 g/mol. The number of pyridine rings is 3. The zero-order valence-electron chi connectivity index (χ0n) is 15.8. The quantitative estimate of drug-likeness (QED) is 0.468. The van der Waals surface area contributed by atoms with E-state index in [1.807, 2.05) is 37.2 Å². The maximum absolute atomic E-state index is 4.19. The van der Waals surface area contributed by atoms with Gasteiger partial charge in [-0.15, -0.1) is 0 Å². The van der Waals surface area contributed by atoms with Gasteiger partial charge < -0.3 is 0 Å². The van der Waals surface area contributed by atoms with E-state index in [1.165, 1.54) is 50.1 Å². The first kappa shape index (κ1) is 17.1. The Kier molecular flexibility index (Phi) is 4.51. The number of nitrogens with zero attached hydrogens (tertiary/aromatic N) is 3. The Hall–Kier alpha value is -3.33. The lowest BCUT2D eigenvalue weighted by atomic mass is 9.81. The minimum atomic E-state index is 1.19. The smallest absolute Gasteiger partial charge is 0.0273 e. The van der Waals surface area contributed by atoms with Crippen molar-refractivity contribution in [3.8, 4) is 33.4 Å². The summed E-state index contributed by atoms with van der Waals surface area (Å²) < 4.78 is 0. The normalized spacial score (nSPS) is 10.8. The first-order valence-electron chi connectivity index (χ1n) is 9.03.